The summed E-state index contributed by atoms with van der Waals surface area (Å²) in [5.74, 6) is 0.946. The molecule has 0 spiro atoms. The maximum atomic E-state index is 11.8. The van der Waals surface area contributed by atoms with Crippen LogP contribution in [0.2, 0.25) is 5.15 Å². The summed E-state index contributed by atoms with van der Waals surface area (Å²) in [6.45, 7) is 0.663. The van der Waals surface area contributed by atoms with E-state index in [4.69, 9.17) is 11.6 Å². The van der Waals surface area contributed by atoms with Crippen molar-refractivity contribution in [3.05, 3.63) is 16.0 Å². The Morgan fingerprint density at radius 1 is 1.56 bits per heavy atom. The highest BCUT2D eigenvalue weighted by atomic mass is 79.9. The number of alkyl halides is 1. The van der Waals surface area contributed by atoms with Gasteiger partial charge >= 0.3 is 0 Å². The number of carbonyl (C=O) groups is 1. The van der Waals surface area contributed by atoms with Crippen LogP contribution in [0.1, 0.15) is 6.42 Å². The fourth-order valence-corrected chi connectivity index (χ4v) is 2.60. The van der Waals surface area contributed by atoms with E-state index in [9.17, 15) is 4.79 Å². The number of aromatic nitrogens is 2. The second kappa shape index (κ2) is 4.98. The molecule has 0 saturated carbocycles. The zero-order valence-corrected chi connectivity index (χ0v) is 12.1. The Morgan fingerprint density at radius 2 is 2.31 bits per heavy atom. The van der Waals surface area contributed by atoms with Crippen molar-refractivity contribution in [2.45, 2.75) is 6.42 Å². The van der Waals surface area contributed by atoms with Crippen LogP contribution in [-0.4, -0.2) is 27.7 Å². The lowest BCUT2D eigenvalue weighted by molar-refractivity contribution is -0.117. The van der Waals surface area contributed by atoms with E-state index in [0.29, 0.717) is 34.3 Å². The molecule has 2 heterocycles. The lowest BCUT2D eigenvalue weighted by Crippen LogP contribution is -2.26. The van der Waals surface area contributed by atoms with Crippen LogP contribution in [0, 0.1) is 5.92 Å². The van der Waals surface area contributed by atoms with Crippen LogP contribution in [-0.2, 0) is 4.79 Å². The van der Waals surface area contributed by atoms with Gasteiger partial charge in [0.05, 0.1) is 4.47 Å². The highest BCUT2D eigenvalue weighted by Gasteiger charge is 2.32. The van der Waals surface area contributed by atoms with Gasteiger partial charge in [0, 0.05) is 18.3 Å². The Bertz CT molecular complexity index is 429. The fraction of sp³-hybridized carbons (Fsp3) is 0.444. The van der Waals surface area contributed by atoms with Crippen molar-refractivity contribution >= 4 is 55.2 Å². The van der Waals surface area contributed by atoms with Crippen molar-refractivity contribution in [2.75, 3.05) is 16.8 Å². The molecule has 1 aromatic heterocycles. The van der Waals surface area contributed by atoms with Crippen LogP contribution in [0.4, 0.5) is 5.82 Å². The fourth-order valence-electron chi connectivity index (χ4n) is 1.62. The minimum Gasteiger partial charge on any atom is -0.295 e. The molecular formula is C9H8Br2ClN3O. The molecule has 0 N–H and O–H groups in total. The Balaban J connectivity index is 2.31. The first-order valence-corrected chi connectivity index (χ1v) is 6.95. The number of hydrogen-bond donors (Lipinski definition) is 0. The smallest absolute Gasteiger partial charge is 0.228 e. The molecule has 0 aromatic carbocycles. The van der Waals surface area contributed by atoms with Gasteiger partial charge in [-0.15, -0.1) is 0 Å². The van der Waals surface area contributed by atoms with Crippen LogP contribution in [0.15, 0.2) is 10.8 Å². The molecular weight excluding hydrogens is 361 g/mol. The topological polar surface area (TPSA) is 46.1 Å². The maximum Gasteiger partial charge on any atom is 0.228 e. The predicted molar refractivity (Wildman–Crippen MR) is 69.0 cm³/mol. The average Bonchev–Trinajstić information content (AvgIpc) is 2.64. The van der Waals surface area contributed by atoms with E-state index < -0.39 is 0 Å². The van der Waals surface area contributed by atoms with Crippen LogP contribution >= 0.6 is 43.5 Å². The third-order valence-corrected chi connectivity index (χ3v) is 4.57. The number of rotatable bonds is 2. The summed E-state index contributed by atoms with van der Waals surface area (Å²) < 4.78 is 0.570. The zero-order valence-electron chi connectivity index (χ0n) is 8.16. The molecule has 7 heteroatoms. The summed E-state index contributed by atoms with van der Waals surface area (Å²) in [5.41, 5.74) is 0. The summed E-state index contributed by atoms with van der Waals surface area (Å²) >= 11 is 12.5. The Morgan fingerprint density at radius 3 is 2.94 bits per heavy atom. The molecule has 1 aliphatic rings. The van der Waals surface area contributed by atoms with E-state index >= 15 is 0 Å². The van der Waals surface area contributed by atoms with Gasteiger partial charge in [-0.1, -0.05) is 27.5 Å². The summed E-state index contributed by atoms with van der Waals surface area (Å²) in [5, 5.41) is 1.13. The molecule has 1 unspecified atom stereocenters. The Labute approximate surface area is 115 Å². The first-order chi connectivity index (χ1) is 7.63. The lowest BCUT2D eigenvalue weighted by Gasteiger charge is -2.16. The molecule has 16 heavy (non-hydrogen) atoms. The average molecular weight is 369 g/mol. The maximum absolute atomic E-state index is 11.8. The SMILES string of the molecule is O=C1CC(CBr)CN1c1ncnc(Cl)c1Br. The standard InChI is InChI=1S/C9H8Br2ClN3O/c10-2-5-1-6(16)15(3-5)9-7(11)8(12)13-4-14-9/h4-5H,1-3H2. The number of nitrogens with zero attached hydrogens (tertiary/aromatic N) is 3. The number of amides is 1. The second-order valence-corrected chi connectivity index (χ2v) is 5.33. The molecule has 1 amide bonds. The van der Waals surface area contributed by atoms with Crippen molar-refractivity contribution in [2.24, 2.45) is 5.92 Å². The van der Waals surface area contributed by atoms with Gasteiger partial charge in [0.25, 0.3) is 0 Å². The molecule has 4 nitrogen and oxygen atoms in total. The van der Waals surface area contributed by atoms with Crippen molar-refractivity contribution in [1.82, 2.24) is 9.97 Å². The predicted octanol–water partition coefficient (Wildman–Crippen LogP) is 2.64. The molecule has 1 fully saturated rings. The monoisotopic (exact) mass is 367 g/mol. The van der Waals surface area contributed by atoms with Crippen LogP contribution in [0.5, 0.6) is 0 Å². The molecule has 2 rings (SSSR count). The third-order valence-electron chi connectivity index (χ3n) is 2.41. The van der Waals surface area contributed by atoms with E-state index in [1.165, 1.54) is 6.33 Å². The number of carbonyl (C=O) groups excluding carboxylic acids is 1. The van der Waals surface area contributed by atoms with Gasteiger partial charge < -0.3 is 0 Å². The molecule has 1 aliphatic heterocycles. The molecule has 86 valence electrons. The van der Waals surface area contributed by atoms with Gasteiger partial charge in [-0.3, -0.25) is 9.69 Å². The minimum absolute atomic E-state index is 0.0694. The van der Waals surface area contributed by atoms with Gasteiger partial charge in [0.1, 0.15) is 11.5 Å². The summed E-state index contributed by atoms with van der Waals surface area (Å²) in [7, 11) is 0. The van der Waals surface area contributed by atoms with Crippen LogP contribution in [0.3, 0.4) is 0 Å². The third kappa shape index (κ3) is 2.24. The lowest BCUT2D eigenvalue weighted by atomic mass is 10.2. The van der Waals surface area contributed by atoms with E-state index in [0.717, 1.165) is 5.33 Å². The van der Waals surface area contributed by atoms with Gasteiger partial charge in [-0.05, 0) is 21.8 Å². The van der Waals surface area contributed by atoms with Crippen molar-refractivity contribution in [3.63, 3.8) is 0 Å². The van der Waals surface area contributed by atoms with Crippen LogP contribution < -0.4 is 4.90 Å². The van der Waals surface area contributed by atoms with Crippen LogP contribution in [0.25, 0.3) is 0 Å². The van der Waals surface area contributed by atoms with Crippen molar-refractivity contribution in [1.29, 1.82) is 0 Å². The van der Waals surface area contributed by atoms with E-state index in [1.54, 1.807) is 4.90 Å². The normalized spacial score (nSPS) is 20.6. The van der Waals surface area contributed by atoms with Crippen molar-refractivity contribution < 1.29 is 4.79 Å². The quantitative estimate of drug-likeness (QED) is 0.595. The minimum atomic E-state index is 0.0694. The number of hydrogen-bond acceptors (Lipinski definition) is 3. The van der Waals surface area contributed by atoms with E-state index in [-0.39, 0.29) is 5.91 Å². The molecule has 1 aromatic rings. The Kier molecular flexibility index (Phi) is 3.81. The van der Waals surface area contributed by atoms with Crippen molar-refractivity contribution in [3.8, 4) is 0 Å². The van der Waals surface area contributed by atoms with Gasteiger partial charge in [-0.2, -0.15) is 0 Å². The molecule has 0 bridgehead atoms. The molecule has 0 aliphatic carbocycles. The first kappa shape index (κ1) is 12.3. The van der Waals surface area contributed by atoms with Gasteiger partial charge in [0.15, 0.2) is 5.82 Å². The summed E-state index contributed by atoms with van der Waals surface area (Å²) in [4.78, 5) is 21.4. The van der Waals surface area contributed by atoms with Gasteiger partial charge in [0.2, 0.25) is 5.91 Å². The number of halogens is 3. The molecule has 0 radical (unpaired) electrons. The van der Waals surface area contributed by atoms with E-state index in [2.05, 4.69) is 41.8 Å². The largest absolute Gasteiger partial charge is 0.295 e. The number of anilines is 1. The first-order valence-electron chi connectivity index (χ1n) is 4.65. The Hall–Kier alpha value is -0.200. The zero-order chi connectivity index (χ0) is 11.7. The molecule has 1 saturated heterocycles. The summed E-state index contributed by atoms with van der Waals surface area (Å²) in [6, 6.07) is 0. The highest BCUT2D eigenvalue weighted by Crippen LogP contribution is 2.33. The summed E-state index contributed by atoms with van der Waals surface area (Å²) in [6.07, 6.45) is 1.90. The highest BCUT2D eigenvalue weighted by molar-refractivity contribution is 9.10. The van der Waals surface area contributed by atoms with E-state index in [1.807, 2.05) is 0 Å². The second-order valence-electron chi connectivity index (χ2n) is 3.53. The molecule has 1 atom stereocenters. The van der Waals surface area contributed by atoms with Gasteiger partial charge in [-0.25, -0.2) is 9.97 Å².